The Kier molecular flexibility index (Phi) is 5.51. The minimum absolute atomic E-state index is 0.390. The maximum Gasteiger partial charge on any atom is 0.268 e. The highest BCUT2D eigenvalue weighted by molar-refractivity contribution is 7.09. The fourth-order valence-electron chi connectivity index (χ4n) is 2.78. The standard InChI is InChI=1S/C14H24N4OS/c1-3-11(4-2)18-7-5-17(6-8-18)9-13-16-12(10-20-13)14(15)19/h10-11H,3-9H2,1-2H3,(H2,15,19). The van der Waals surface area contributed by atoms with Gasteiger partial charge in [0.05, 0.1) is 6.54 Å². The van der Waals surface area contributed by atoms with Gasteiger partial charge in [-0.3, -0.25) is 14.6 Å². The van der Waals surface area contributed by atoms with Crippen LogP contribution in [0.25, 0.3) is 0 Å². The molecule has 5 nitrogen and oxygen atoms in total. The van der Waals surface area contributed by atoms with Crippen molar-refractivity contribution in [2.24, 2.45) is 5.73 Å². The van der Waals surface area contributed by atoms with Gasteiger partial charge in [0.15, 0.2) is 0 Å². The average molecular weight is 296 g/mol. The Balaban J connectivity index is 1.83. The summed E-state index contributed by atoms with van der Waals surface area (Å²) < 4.78 is 0. The third-order valence-electron chi connectivity index (χ3n) is 4.03. The quantitative estimate of drug-likeness (QED) is 0.865. The molecule has 1 amide bonds. The van der Waals surface area contributed by atoms with E-state index in [0.717, 1.165) is 43.8 Å². The van der Waals surface area contributed by atoms with E-state index in [0.29, 0.717) is 5.69 Å². The third kappa shape index (κ3) is 3.77. The molecule has 0 aromatic carbocycles. The van der Waals surface area contributed by atoms with Crippen LogP contribution in [0.15, 0.2) is 5.38 Å². The van der Waals surface area contributed by atoms with Crippen molar-refractivity contribution in [2.45, 2.75) is 39.3 Å². The first-order valence-electron chi connectivity index (χ1n) is 7.34. The number of hydrogen-bond acceptors (Lipinski definition) is 5. The van der Waals surface area contributed by atoms with Crippen molar-refractivity contribution in [3.63, 3.8) is 0 Å². The molecule has 2 rings (SSSR count). The van der Waals surface area contributed by atoms with Crippen molar-refractivity contribution in [3.05, 3.63) is 16.1 Å². The Morgan fingerprint density at radius 3 is 2.50 bits per heavy atom. The minimum atomic E-state index is -0.439. The number of piperazine rings is 1. The maximum absolute atomic E-state index is 11.0. The van der Waals surface area contributed by atoms with Gasteiger partial charge >= 0.3 is 0 Å². The van der Waals surface area contributed by atoms with Crippen LogP contribution in [0.4, 0.5) is 0 Å². The molecule has 0 aliphatic carbocycles. The second-order valence-electron chi connectivity index (χ2n) is 5.27. The monoisotopic (exact) mass is 296 g/mol. The van der Waals surface area contributed by atoms with Crippen LogP contribution in [-0.2, 0) is 6.54 Å². The molecular weight excluding hydrogens is 272 g/mol. The molecule has 1 aliphatic rings. The van der Waals surface area contributed by atoms with Gasteiger partial charge in [-0.15, -0.1) is 11.3 Å². The van der Waals surface area contributed by atoms with E-state index in [2.05, 4.69) is 28.6 Å². The van der Waals surface area contributed by atoms with Crippen LogP contribution in [-0.4, -0.2) is 52.9 Å². The zero-order chi connectivity index (χ0) is 14.5. The summed E-state index contributed by atoms with van der Waals surface area (Å²) in [6.07, 6.45) is 2.45. The Bertz CT molecular complexity index is 436. The molecule has 0 atom stereocenters. The van der Waals surface area contributed by atoms with E-state index in [4.69, 9.17) is 5.73 Å². The van der Waals surface area contributed by atoms with Crippen LogP contribution < -0.4 is 5.73 Å². The first-order chi connectivity index (χ1) is 9.63. The van der Waals surface area contributed by atoms with Gasteiger partial charge in [-0.1, -0.05) is 13.8 Å². The van der Waals surface area contributed by atoms with Crippen LogP contribution in [0, 0.1) is 0 Å². The molecule has 2 heterocycles. The summed E-state index contributed by atoms with van der Waals surface area (Å²) in [6, 6.07) is 0.721. The first kappa shape index (κ1) is 15.4. The molecule has 2 N–H and O–H groups in total. The van der Waals surface area contributed by atoms with Gasteiger partial charge in [-0.2, -0.15) is 0 Å². The zero-order valence-corrected chi connectivity index (χ0v) is 13.2. The van der Waals surface area contributed by atoms with Crippen molar-refractivity contribution in [3.8, 4) is 0 Å². The van der Waals surface area contributed by atoms with Crippen molar-refractivity contribution >= 4 is 17.2 Å². The molecule has 1 saturated heterocycles. The summed E-state index contributed by atoms with van der Waals surface area (Å²) in [5, 5.41) is 2.73. The second kappa shape index (κ2) is 7.15. The molecule has 0 spiro atoms. The second-order valence-corrected chi connectivity index (χ2v) is 6.22. The van der Waals surface area contributed by atoms with E-state index in [1.54, 1.807) is 5.38 Å². The van der Waals surface area contributed by atoms with Gasteiger partial charge in [-0.25, -0.2) is 4.98 Å². The lowest BCUT2D eigenvalue weighted by molar-refractivity contribution is 0.0879. The topological polar surface area (TPSA) is 62.5 Å². The fourth-order valence-corrected chi connectivity index (χ4v) is 3.60. The summed E-state index contributed by atoms with van der Waals surface area (Å²) in [7, 11) is 0. The molecule has 1 aromatic rings. The highest BCUT2D eigenvalue weighted by Gasteiger charge is 2.22. The molecule has 0 bridgehead atoms. The summed E-state index contributed by atoms with van der Waals surface area (Å²) in [5.74, 6) is -0.439. The predicted octanol–water partition coefficient (Wildman–Crippen LogP) is 1.55. The van der Waals surface area contributed by atoms with Gasteiger partial charge < -0.3 is 5.73 Å². The normalized spacial score (nSPS) is 17.8. The highest BCUT2D eigenvalue weighted by Crippen LogP contribution is 2.16. The number of amides is 1. The van der Waals surface area contributed by atoms with Crippen molar-refractivity contribution < 1.29 is 4.79 Å². The zero-order valence-electron chi connectivity index (χ0n) is 12.3. The van der Waals surface area contributed by atoms with E-state index in [9.17, 15) is 4.79 Å². The molecule has 1 fully saturated rings. The lowest BCUT2D eigenvalue weighted by Gasteiger charge is -2.38. The van der Waals surface area contributed by atoms with Crippen LogP contribution in [0.2, 0.25) is 0 Å². The Labute approximate surface area is 124 Å². The van der Waals surface area contributed by atoms with Crippen LogP contribution in [0.1, 0.15) is 42.2 Å². The number of primary amides is 1. The molecule has 112 valence electrons. The number of aromatic nitrogens is 1. The van der Waals surface area contributed by atoms with Crippen molar-refractivity contribution in [1.29, 1.82) is 0 Å². The third-order valence-corrected chi connectivity index (χ3v) is 4.86. The molecule has 1 aromatic heterocycles. The maximum atomic E-state index is 11.0. The lowest BCUT2D eigenvalue weighted by atomic mass is 10.1. The SMILES string of the molecule is CCC(CC)N1CCN(Cc2nc(C(N)=O)cs2)CC1. The first-order valence-corrected chi connectivity index (χ1v) is 8.22. The van der Waals surface area contributed by atoms with E-state index in [-0.39, 0.29) is 0 Å². The highest BCUT2D eigenvalue weighted by atomic mass is 32.1. The smallest absolute Gasteiger partial charge is 0.268 e. The van der Waals surface area contributed by atoms with Crippen LogP contribution >= 0.6 is 11.3 Å². The number of carbonyl (C=O) groups excluding carboxylic acids is 1. The molecule has 20 heavy (non-hydrogen) atoms. The molecule has 0 saturated carbocycles. The Hall–Kier alpha value is -0.980. The summed E-state index contributed by atoms with van der Waals surface area (Å²) in [4.78, 5) is 20.3. The Morgan fingerprint density at radius 1 is 1.35 bits per heavy atom. The average Bonchev–Trinajstić information content (AvgIpc) is 2.91. The van der Waals surface area contributed by atoms with Crippen molar-refractivity contribution in [2.75, 3.05) is 26.2 Å². The van der Waals surface area contributed by atoms with E-state index < -0.39 is 5.91 Å². The van der Waals surface area contributed by atoms with E-state index in [1.165, 1.54) is 24.2 Å². The lowest BCUT2D eigenvalue weighted by Crippen LogP contribution is -2.49. The van der Waals surface area contributed by atoms with Gasteiger partial charge in [0.1, 0.15) is 10.7 Å². The van der Waals surface area contributed by atoms with Gasteiger partial charge in [0.25, 0.3) is 5.91 Å². The van der Waals surface area contributed by atoms with Gasteiger partial charge in [0, 0.05) is 37.6 Å². The van der Waals surface area contributed by atoms with E-state index in [1.807, 2.05) is 0 Å². The summed E-state index contributed by atoms with van der Waals surface area (Å²) >= 11 is 1.52. The fraction of sp³-hybridized carbons (Fsp3) is 0.714. The number of thiazole rings is 1. The largest absolute Gasteiger partial charge is 0.364 e. The van der Waals surface area contributed by atoms with E-state index >= 15 is 0 Å². The minimum Gasteiger partial charge on any atom is -0.364 e. The van der Waals surface area contributed by atoms with Crippen LogP contribution in [0.5, 0.6) is 0 Å². The number of nitrogens with zero attached hydrogens (tertiary/aromatic N) is 3. The molecule has 1 aliphatic heterocycles. The molecular formula is C14H24N4OS. The Morgan fingerprint density at radius 2 is 2.00 bits per heavy atom. The molecule has 6 heteroatoms. The number of hydrogen-bond donors (Lipinski definition) is 1. The summed E-state index contributed by atoms with van der Waals surface area (Å²) in [5.41, 5.74) is 5.62. The number of nitrogens with two attached hydrogens (primary N) is 1. The van der Waals surface area contributed by atoms with Crippen LogP contribution in [0.3, 0.4) is 0 Å². The van der Waals surface area contributed by atoms with Crippen molar-refractivity contribution in [1.82, 2.24) is 14.8 Å². The number of rotatable bonds is 6. The summed E-state index contributed by atoms with van der Waals surface area (Å²) in [6.45, 7) is 9.75. The molecule has 0 unspecified atom stereocenters. The molecule has 0 radical (unpaired) electrons. The van der Waals surface area contributed by atoms with Gasteiger partial charge in [0.2, 0.25) is 0 Å². The van der Waals surface area contributed by atoms with Gasteiger partial charge in [-0.05, 0) is 12.8 Å². The predicted molar refractivity (Wildman–Crippen MR) is 81.9 cm³/mol. The number of carbonyl (C=O) groups is 1.